The average molecular weight is 418 g/mol. The lowest BCUT2D eigenvalue weighted by Gasteiger charge is -2.24. The molecule has 0 saturated heterocycles. The lowest BCUT2D eigenvalue weighted by Crippen LogP contribution is -2.21. The van der Waals surface area contributed by atoms with Gasteiger partial charge in [-0.2, -0.15) is 5.26 Å². The van der Waals surface area contributed by atoms with Crippen LogP contribution in [0.15, 0.2) is 54.2 Å². The second-order valence-corrected chi connectivity index (χ2v) is 6.65. The van der Waals surface area contributed by atoms with Gasteiger partial charge in [0.2, 0.25) is 11.8 Å². The second kappa shape index (κ2) is 8.08. The first kappa shape index (κ1) is 19.8. The van der Waals surface area contributed by atoms with Crippen LogP contribution in [-0.2, 0) is 4.79 Å². The molecule has 0 aliphatic carbocycles. The number of allylic oxidation sites excluding steroid dienone is 1. The second-order valence-electron chi connectivity index (χ2n) is 6.65. The summed E-state index contributed by atoms with van der Waals surface area (Å²) in [6.45, 7) is -0.291. The molecule has 1 aliphatic heterocycles. The van der Waals surface area contributed by atoms with E-state index in [4.69, 9.17) is 25.7 Å². The molecule has 1 aromatic carbocycles. The molecule has 0 spiro atoms. The third-order valence-electron chi connectivity index (χ3n) is 4.78. The first-order chi connectivity index (χ1) is 15.0. The van der Waals surface area contributed by atoms with Gasteiger partial charge in [0.15, 0.2) is 18.1 Å². The fourth-order valence-electron chi connectivity index (χ4n) is 3.44. The monoisotopic (exact) mass is 418 g/mol. The number of nitriles is 1. The maximum Gasteiger partial charge on any atom is 0.255 e. The minimum absolute atomic E-state index is 0.0303. The Morgan fingerprint density at radius 3 is 2.87 bits per heavy atom. The van der Waals surface area contributed by atoms with Crippen LogP contribution in [0, 0.1) is 11.3 Å². The molecule has 0 saturated carbocycles. The number of hydrogen-bond acceptors (Lipinski definition) is 8. The topological polar surface area (TPSA) is 162 Å². The Bertz CT molecular complexity index is 1210. The number of amides is 1. The smallest absolute Gasteiger partial charge is 0.255 e. The van der Waals surface area contributed by atoms with E-state index in [0.29, 0.717) is 28.3 Å². The molecule has 156 valence electrons. The summed E-state index contributed by atoms with van der Waals surface area (Å²) in [4.78, 5) is 15.2. The van der Waals surface area contributed by atoms with Crippen molar-refractivity contribution in [3.05, 3.63) is 65.3 Å². The lowest BCUT2D eigenvalue weighted by molar-refractivity contribution is -0.119. The van der Waals surface area contributed by atoms with Crippen molar-refractivity contribution in [1.29, 1.82) is 5.26 Å². The molecule has 10 heteroatoms. The van der Waals surface area contributed by atoms with E-state index in [-0.39, 0.29) is 23.9 Å². The number of nitrogens with one attached hydrogen (secondary N) is 1. The molecule has 2 aromatic heterocycles. The fourth-order valence-corrected chi connectivity index (χ4v) is 3.44. The van der Waals surface area contributed by atoms with Gasteiger partial charge in [0.05, 0.1) is 24.3 Å². The summed E-state index contributed by atoms with van der Waals surface area (Å²) < 4.78 is 16.4. The zero-order chi connectivity index (χ0) is 22.0. The number of carbonyl (C=O) groups excluding carboxylic acids is 1. The van der Waals surface area contributed by atoms with Gasteiger partial charge in [-0.3, -0.25) is 14.9 Å². The van der Waals surface area contributed by atoms with Crippen LogP contribution in [0.4, 0.5) is 0 Å². The zero-order valence-corrected chi connectivity index (χ0v) is 16.5. The van der Waals surface area contributed by atoms with Crippen LogP contribution in [0.2, 0.25) is 0 Å². The Labute approximate surface area is 177 Å². The van der Waals surface area contributed by atoms with Crippen molar-refractivity contribution >= 4 is 5.91 Å². The van der Waals surface area contributed by atoms with Gasteiger partial charge >= 0.3 is 0 Å². The molecule has 1 aliphatic rings. The van der Waals surface area contributed by atoms with Gasteiger partial charge in [-0.1, -0.05) is 6.07 Å². The van der Waals surface area contributed by atoms with Crippen LogP contribution in [0.1, 0.15) is 17.0 Å². The largest absolute Gasteiger partial charge is 0.493 e. The number of aromatic amines is 1. The molecular weight excluding hydrogens is 400 g/mol. The average Bonchev–Trinajstić information content (AvgIpc) is 3.20. The highest BCUT2D eigenvalue weighted by Crippen LogP contribution is 2.46. The molecule has 31 heavy (non-hydrogen) atoms. The highest BCUT2D eigenvalue weighted by atomic mass is 16.5. The molecule has 3 heterocycles. The van der Waals surface area contributed by atoms with E-state index in [9.17, 15) is 10.1 Å². The summed E-state index contributed by atoms with van der Waals surface area (Å²) in [5.74, 6) is -0.240. The number of H-pyrrole nitrogens is 1. The van der Waals surface area contributed by atoms with Gasteiger partial charge in [-0.15, -0.1) is 5.10 Å². The predicted molar refractivity (Wildman–Crippen MR) is 109 cm³/mol. The standard InChI is InChI=1S/C21H18N6O4/c1-29-15-7-11(4-5-14(15)30-10-16(23)28)17-13(8-22)20(24)31-21-18(17)19(26-27-21)12-3-2-6-25-9-12/h2-7,9,17H,10,24H2,1H3,(H2,23,28)(H,26,27)/t17-/m0/s1. The summed E-state index contributed by atoms with van der Waals surface area (Å²) >= 11 is 0. The molecule has 0 bridgehead atoms. The van der Waals surface area contributed by atoms with Gasteiger partial charge in [0, 0.05) is 18.0 Å². The van der Waals surface area contributed by atoms with E-state index in [2.05, 4.69) is 21.3 Å². The lowest BCUT2D eigenvalue weighted by atomic mass is 9.83. The molecule has 0 unspecified atom stereocenters. The van der Waals surface area contributed by atoms with Crippen LogP contribution >= 0.6 is 0 Å². The van der Waals surface area contributed by atoms with E-state index in [0.717, 1.165) is 5.56 Å². The molecule has 1 amide bonds. The van der Waals surface area contributed by atoms with Crippen LogP contribution < -0.4 is 25.7 Å². The normalized spacial score (nSPS) is 14.9. The maximum atomic E-state index is 11.1. The molecule has 5 N–H and O–H groups in total. The van der Waals surface area contributed by atoms with E-state index < -0.39 is 11.8 Å². The Kier molecular flexibility index (Phi) is 5.15. The van der Waals surface area contributed by atoms with Gasteiger partial charge in [-0.25, -0.2) is 0 Å². The number of ether oxygens (including phenoxy) is 3. The summed E-state index contributed by atoms with van der Waals surface area (Å²) in [6.07, 6.45) is 3.34. The van der Waals surface area contributed by atoms with Crippen molar-refractivity contribution < 1.29 is 19.0 Å². The predicted octanol–water partition coefficient (Wildman–Crippen LogP) is 1.56. The number of aromatic nitrogens is 3. The van der Waals surface area contributed by atoms with Gasteiger partial charge in [0.1, 0.15) is 11.6 Å². The Morgan fingerprint density at radius 2 is 2.19 bits per heavy atom. The van der Waals surface area contributed by atoms with E-state index >= 15 is 0 Å². The molecule has 10 nitrogen and oxygen atoms in total. The number of pyridine rings is 1. The number of carbonyl (C=O) groups is 1. The third-order valence-corrected chi connectivity index (χ3v) is 4.78. The van der Waals surface area contributed by atoms with Crippen molar-refractivity contribution in [3.8, 4) is 34.7 Å². The molecular formula is C21H18N6O4. The maximum absolute atomic E-state index is 11.1. The van der Waals surface area contributed by atoms with Gasteiger partial charge in [-0.05, 0) is 29.8 Å². The molecule has 3 aromatic rings. The SMILES string of the molecule is COc1cc([C@H]2C(C#N)=C(N)Oc3n[nH]c(-c4cccnc4)c32)ccc1OCC(N)=O. The number of methoxy groups -OCH3 is 1. The van der Waals surface area contributed by atoms with E-state index in [1.165, 1.54) is 7.11 Å². The third kappa shape index (κ3) is 3.60. The number of nitrogens with zero attached hydrogens (tertiary/aromatic N) is 3. The Morgan fingerprint density at radius 1 is 1.35 bits per heavy atom. The van der Waals surface area contributed by atoms with E-state index in [1.807, 2.05) is 6.07 Å². The highest BCUT2D eigenvalue weighted by molar-refractivity contribution is 5.75. The number of fused-ring (bicyclic) bond motifs is 1. The van der Waals surface area contributed by atoms with Crippen molar-refractivity contribution in [2.45, 2.75) is 5.92 Å². The minimum Gasteiger partial charge on any atom is -0.493 e. The summed E-state index contributed by atoms with van der Waals surface area (Å²) in [5, 5.41) is 17.0. The zero-order valence-electron chi connectivity index (χ0n) is 16.5. The van der Waals surface area contributed by atoms with Crippen molar-refractivity contribution in [2.75, 3.05) is 13.7 Å². The summed E-state index contributed by atoms with van der Waals surface area (Å²) in [5.41, 5.74) is 14.2. The highest BCUT2D eigenvalue weighted by Gasteiger charge is 2.36. The molecule has 1 atom stereocenters. The van der Waals surface area contributed by atoms with Crippen molar-refractivity contribution in [3.63, 3.8) is 0 Å². The fraction of sp³-hybridized carbons (Fsp3) is 0.143. The van der Waals surface area contributed by atoms with Crippen LogP contribution in [0.3, 0.4) is 0 Å². The Balaban J connectivity index is 1.85. The van der Waals surface area contributed by atoms with E-state index in [1.54, 1.807) is 36.7 Å². The number of rotatable bonds is 6. The van der Waals surface area contributed by atoms with Gasteiger partial charge < -0.3 is 25.7 Å². The minimum atomic E-state index is -0.609. The first-order valence-corrected chi connectivity index (χ1v) is 9.18. The quantitative estimate of drug-likeness (QED) is 0.543. The molecule has 0 fully saturated rings. The number of primary amides is 1. The van der Waals surface area contributed by atoms with Crippen molar-refractivity contribution in [2.24, 2.45) is 11.5 Å². The number of hydrogen-bond donors (Lipinski definition) is 3. The van der Waals surface area contributed by atoms with Crippen LogP contribution in [0.25, 0.3) is 11.3 Å². The number of benzene rings is 1. The number of nitrogens with two attached hydrogens (primary N) is 2. The Hall–Kier alpha value is -4.52. The molecule has 4 rings (SSSR count). The van der Waals surface area contributed by atoms with Crippen LogP contribution in [0.5, 0.6) is 17.4 Å². The molecule has 0 radical (unpaired) electrons. The van der Waals surface area contributed by atoms with Gasteiger partial charge in [0.25, 0.3) is 5.91 Å². The van der Waals surface area contributed by atoms with Crippen LogP contribution in [-0.4, -0.2) is 34.8 Å². The van der Waals surface area contributed by atoms with Crippen molar-refractivity contribution in [1.82, 2.24) is 15.2 Å². The summed E-state index contributed by atoms with van der Waals surface area (Å²) in [7, 11) is 1.47. The first-order valence-electron chi connectivity index (χ1n) is 9.18. The summed E-state index contributed by atoms with van der Waals surface area (Å²) in [6, 6.07) is 10.9.